The van der Waals surface area contributed by atoms with E-state index in [0.29, 0.717) is 24.2 Å². The second kappa shape index (κ2) is 11.6. The summed E-state index contributed by atoms with van der Waals surface area (Å²) in [5.41, 5.74) is 3.88. The zero-order valence-corrected chi connectivity index (χ0v) is 27.4. The molecule has 4 aromatic rings. The molecule has 7 rings (SSSR count). The Morgan fingerprint density at radius 1 is 0.979 bits per heavy atom. The van der Waals surface area contributed by atoms with Crippen LogP contribution in [-0.2, 0) is 9.53 Å². The van der Waals surface area contributed by atoms with Gasteiger partial charge in [0.05, 0.1) is 23.3 Å². The highest BCUT2D eigenvalue weighted by Crippen LogP contribution is 2.44. The van der Waals surface area contributed by atoms with Gasteiger partial charge in [0, 0.05) is 60.4 Å². The largest absolute Gasteiger partial charge is 0.444 e. The molecule has 9 nitrogen and oxygen atoms in total. The molecule has 10 heteroatoms. The van der Waals surface area contributed by atoms with Crippen LogP contribution in [0, 0.1) is 17.7 Å². The van der Waals surface area contributed by atoms with E-state index in [-0.39, 0.29) is 41.3 Å². The van der Waals surface area contributed by atoms with Crippen LogP contribution >= 0.6 is 0 Å². The van der Waals surface area contributed by atoms with Crippen molar-refractivity contribution in [3.05, 3.63) is 78.3 Å². The number of hydrogen-bond acceptors (Lipinski definition) is 6. The van der Waals surface area contributed by atoms with Crippen LogP contribution in [0.3, 0.4) is 0 Å². The molecule has 3 aromatic heterocycles. The molecule has 2 saturated heterocycles. The first kappa shape index (κ1) is 31.0. The smallest absolute Gasteiger partial charge is 0.411 e. The predicted molar refractivity (Wildman–Crippen MR) is 176 cm³/mol. The lowest BCUT2D eigenvalue weighted by molar-refractivity contribution is -0.143. The van der Waals surface area contributed by atoms with Crippen LogP contribution in [0.5, 0.6) is 0 Å². The summed E-state index contributed by atoms with van der Waals surface area (Å²) in [6.45, 7) is 10.2. The first-order valence-electron chi connectivity index (χ1n) is 16.4. The first-order chi connectivity index (χ1) is 22.4. The van der Waals surface area contributed by atoms with Crippen molar-refractivity contribution in [2.45, 2.75) is 77.5 Å². The van der Waals surface area contributed by atoms with E-state index in [2.05, 4.69) is 23.8 Å². The quantitative estimate of drug-likeness (QED) is 0.216. The van der Waals surface area contributed by atoms with Crippen LogP contribution in [0.15, 0.2) is 61.3 Å². The summed E-state index contributed by atoms with van der Waals surface area (Å²) < 4.78 is 22.3. The van der Waals surface area contributed by atoms with Gasteiger partial charge in [-0.15, -0.1) is 0 Å². The van der Waals surface area contributed by atoms with Crippen molar-refractivity contribution in [1.29, 1.82) is 0 Å². The Hall–Kier alpha value is -4.60. The number of ketones is 1. The second-order valence-corrected chi connectivity index (χ2v) is 14.4. The number of pyridine rings is 2. The maximum atomic E-state index is 14.7. The van der Waals surface area contributed by atoms with Crippen LogP contribution in [0.25, 0.3) is 27.7 Å². The average molecular weight is 638 g/mol. The second-order valence-electron chi connectivity index (χ2n) is 14.4. The minimum atomic E-state index is -0.654. The molecule has 1 saturated carbocycles. The molecule has 3 fully saturated rings. The van der Waals surface area contributed by atoms with Gasteiger partial charge in [0.25, 0.3) is 0 Å². The molecule has 5 heterocycles. The van der Waals surface area contributed by atoms with Crippen molar-refractivity contribution in [3.8, 4) is 16.8 Å². The summed E-state index contributed by atoms with van der Waals surface area (Å²) in [6.07, 6.45) is 10.9. The van der Waals surface area contributed by atoms with Crippen molar-refractivity contribution >= 4 is 28.7 Å². The zero-order chi connectivity index (χ0) is 33.2. The van der Waals surface area contributed by atoms with Crippen molar-refractivity contribution in [3.63, 3.8) is 0 Å². The fraction of sp³-hybridized carbons (Fsp3) is 0.432. The topological polar surface area (TPSA) is 97.6 Å². The highest BCUT2D eigenvalue weighted by molar-refractivity contribution is 6.10. The molecular formula is C37H40FN5O4. The molecule has 3 atom stereocenters. The molecule has 2 amide bonds. The lowest BCUT2D eigenvalue weighted by Gasteiger charge is -2.43. The number of amides is 2. The molecule has 244 valence electrons. The molecule has 0 radical (unpaired) electrons. The molecule has 0 spiro atoms. The lowest BCUT2D eigenvalue weighted by atomic mass is 9.88. The summed E-state index contributed by atoms with van der Waals surface area (Å²) in [5.74, 6) is -0.623. The van der Waals surface area contributed by atoms with Gasteiger partial charge in [0.1, 0.15) is 17.5 Å². The predicted octanol–water partition coefficient (Wildman–Crippen LogP) is 6.78. The van der Waals surface area contributed by atoms with E-state index < -0.39 is 17.7 Å². The number of nitrogens with zero attached hydrogens (tertiary/aromatic N) is 5. The van der Waals surface area contributed by atoms with Crippen molar-refractivity contribution < 1.29 is 23.5 Å². The molecule has 1 aliphatic carbocycles. The molecule has 0 N–H and O–H groups in total. The Kier molecular flexibility index (Phi) is 7.64. The Labute approximate surface area is 273 Å². The highest BCUT2D eigenvalue weighted by atomic mass is 19.1. The molecule has 2 bridgehead atoms. The van der Waals surface area contributed by atoms with Crippen LogP contribution in [0.1, 0.15) is 75.7 Å². The SMILES string of the molecule is CC(C)c1cnccc1-c1cc(F)ccc1-n1cc(C(=O)C2CN(C(=O)[C@@H]3[C@H]4CC[C@H](C4)N3C(=O)OC(C)(C)C)C2)c2ccncc21. The summed E-state index contributed by atoms with van der Waals surface area (Å²) >= 11 is 0. The monoisotopic (exact) mass is 637 g/mol. The van der Waals surface area contributed by atoms with Gasteiger partial charge in [-0.05, 0) is 93.3 Å². The average Bonchev–Trinajstić information content (AvgIpc) is 3.73. The van der Waals surface area contributed by atoms with Gasteiger partial charge in [-0.3, -0.25) is 24.5 Å². The van der Waals surface area contributed by atoms with E-state index in [4.69, 9.17) is 4.74 Å². The van der Waals surface area contributed by atoms with Crippen molar-refractivity contribution in [2.24, 2.45) is 11.8 Å². The van der Waals surface area contributed by atoms with E-state index in [1.54, 1.807) is 34.5 Å². The summed E-state index contributed by atoms with van der Waals surface area (Å²) in [4.78, 5) is 53.0. The van der Waals surface area contributed by atoms with E-state index >= 15 is 0 Å². The van der Waals surface area contributed by atoms with Gasteiger partial charge >= 0.3 is 6.09 Å². The van der Waals surface area contributed by atoms with Crippen LogP contribution in [-0.4, -0.2) is 72.9 Å². The molecular weight excluding hydrogens is 597 g/mol. The first-order valence-corrected chi connectivity index (χ1v) is 16.4. The number of fused-ring (bicyclic) bond motifs is 3. The Morgan fingerprint density at radius 2 is 1.72 bits per heavy atom. The van der Waals surface area contributed by atoms with E-state index in [0.717, 1.165) is 47.0 Å². The number of ether oxygens (including phenoxy) is 1. The third kappa shape index (κ3) is 5.47. The van der Waals surface area contributed by atoms with E-state index in [1.165, 1.54) is 12.1 Å². The molecule has 0 unspecified atom stereocenters. The minimum Gasteiger partial charge on any atom is -0.444 e. The van der Waals surface area contributed by atoms with Gasteiger partial charge < -0.3 is 14.2 Å². The van der Waals surface area contributed by atoms with Gasteiger partial charge in [0.2, 0.25) is 5.91 Å². The summed E-state index contributed by atoms with van der Waals surface area (Å²) in [7, 11) is 0. The number of aromatic nitrogens is 3. The summed E-state index contributed by atoms with van der Waals surface area (Å²) in [5, 5.41) is 0.744. The molecule has 1 aromatic carbocycles. The number of piperidine rings is 1. The number of hydrogen-bond donors (Lipinski definition) is 0. The van der Waals surface area contributed by atoms with E-state index in [9.17, 15) is 18.8 Å². The third-order valence-corrected chi connectivity index (χ3v) is 9.86. The van der Waals surface area contributed by atoms with Crippen molar-refractivity contribution in [1.82, 2.24) is 24.3 Å². The molecule has 3 aliphatic rings. The number of rotatable bonds is 6. The number of halogens is 1. The van der Waals surface area contributed by atoms with Gasteiger partial charge in [-0.1, -0.05) is 13.8 Å². The molecule has 2 aliphatic heterocycles. The number of benzene rings is 1. The highest BCUT2D eigenvalue weighted by Gasteiger charge is 2.54. The number of carbonyl (C=O) groups is 3. The van der Waals surface area contributed by atoms with Crippen molar-refractivity contribution in [2.75, 3.05) is 13.1 Å². The maximum absolute atomic E-state index is 14.7. The lowest BCUT2D eigenvalue weighted by Crippen LogP contribution is -2.61. The Bertz CT molecular complexity index is 1890. The normalized spacial score (nSPS) is 21.0. The zero-order valence-electron chi connectivity index (χ0n) is 27.4. The van der Waals surface area contributed by atoms with Crippen LogP contribution in [0.2, 0.25) is 0 Å². The van der Waals surface area contributed by atoms with Crippen LogP contribution in [0.4, 0.5) is 9.18 Å². The minimum absolute atomic E-state index is 0.0161. The van der Waals surface area contributed by atoms with Gasteiger partial charge in [0.15, 0.2) is 5.78 Å². The Balaban J connectivity index is 1.16. The maximum Gasteiger partial charge on any atom is 0.411 e. The fourth-order valence-corrected chi connectivity index (χ4v) is 7.63. The van der Waals surface area contributed by atoms with E-state index in [1.807, 2.05) is 49.9 Å². The molecule has 47 heavy (non-hydrogen) atoms. The van der Waals surface area contributed by atoms with Gasteiger partial charge in [-0.25, -0.2) is 9.18 Å². The number of carbonyl (C=O) groups excluding carboxylic acids is 3. The van der Waals surface area contributed by atoms with Crippen LogP contribution < -0.4 is 0 Å². The van der Waals surface area contributed by atoms with Gasteiger partial charge in [-0.2, -0.15) is 0 Å². The number of Topliss-reactive ketones (excluding diaryl/α,β-unsaturated/α-hetero) is 1. The summed E-state index contributed by atoms with van der Waals surface area (Å²) in [6, 6.07) is 7.85. The number of likely N-dealkylation sites (tertiary alicyclic amines) is 2. The standard InChI is InChI=1S/C37H40FN5O4/c1-21(2)29-16-39-12-10-26(29)28-15-24(38)7-9-31(28)42-20-30(27-11-13-40-17-32(27)42)34(44)23-18-41(19-23)35(45)33-22-6-8-25(14-22)43(33)36(46)47-37(3,4)5/h7,9-13,15-17,20-23,25,33H,6,8,14,18-19H2,1-5H3/t22-,25+,33-/m0/s1. The third-order valence-electron chi connectivity index (χ3n) is 9.86. The Morgan fingerprint density at radius 3 is 2.47 bits per heavy atom. The fourth-order valence-electron chi connectivity index (χ4n) is 7.63.